The van der Waals surface area contributed by atoms with Crippen LogP contribution >= 0.6 is 23.1 Å². The number of anilines is 1. The first-order valence-corrected chi connectivity index (χ1v) is 9.23. The number of ether oxygens (including phenoxy) is 1. The van der Waals surface area contributed by atoms with Gasteiger partial charge < -0.3 is 10.1 Å². The highest BCUT2D eigenvalue weighted by molar-refractivity contribution is 8.00. The van der Waals surface area contributed by atoms with Crippen LogP contribution in [0.1, 0.15) is 20.0 Å². The fraction of sp³-hybridized carbons (Fsp3) is 0.111. The van der Waals surface area contributed by atoms with Crippen LogP contribution in [-0.4, -0.2) is 25.2 Å². The third kappa shape index (κ3) is 3.16. The summed E-state index contributed by atoms with van der Waals surface area (Å²) in [4.78, 5) is 24.9. The van der Waals surface area contributed by atoms with E-state index in [9.17, 15) is 9.59 Å². The maximum atomic E-state index is 12.7. The number of carbonyl (C=O) groups excluding carboxylic acids is 2. The number of thioether (sulfide) groups is 1. The van der Waals surface area contributed by atoms with Crippen LogP contribution in [0, 0.1) is 0 Å². The number of carbonyl (C=O) groups is 2. The van der Waals surface area contributed by atoms with Crippen molar-refractivity contribution < 1.29 is 14.3 Å². The highest BCUT2D eigenvalue weighted by atomic mass is 32.2. The number of thiophene rings is 1. The Morgan fingerprint density at radius 2 is 1.88 bits per heavy atom. The molecular weight excluding hydrogens is 342 g/mol. The van der Waals surface area contributed by atoms with Crippen molar-refractivity contribution in [3.63, 3.8) is 0 Å². The molecule has 0 atom stereocenters. The second-order valence-electron chi connectivity index (χ2n) is 4.99. The monoisotopic (exact) mass is 357 g/mol. The second kappa shape index (κ2) is 7.07. The van der Waals surface area contributed by atoms with E-state index in [0.29, 0.717) is 16.1 Å². The molecule has 2 aromatic carbocycles. The van der Waals surface area contributed by atoms with Crippen molar-refractivity contribution in [2.45, 2.75) is 4.21 Å². The van der Waals surface area contributed by atoms with Gasteiger partial charge in [-0.1, -0.05) is 36.4 Å². The molecule has 1 amide bonds. The molecule has 0 aliphatic heterocycles. The van der Waals surface area contributed by atoms with Crippen LogP contribution in [0.25, 0.3) is 10.8 Å². The van der Waals surface area contributed by atoms with E-state index in [1.165, 1.54) is 30.2 Å². The Balaban J connectivity index is 1.94. The van der Waals surface area contributed by atoms with Gasteiger partial charge in [0.2, 0.25) is 0 Å². The van der Waals surface area contributed by atoms with Gasteiger partial charge in [0.1, 0.15) is 4.88 Å². The van der Waals surface area contributed by atoms with Crippen LogP contribution in [0.4, 0.5) is 5.69 Å². The van der Waals surface area contributed by atoms with Gasteiger partial charge in [-0.25, -0.2) is 4.79 Å². The van der Waals surface area contributed by atoms with E-state index < -0.39 is 5.97 Å². The Morgan fingerprint density at radius 3 is 2.62 bits per heavy atom. The molecule has 0 bridgehead atoms. The zero-order valence-corrected chi connectivity index (χ0v) is 14.8. The third-order valence-corrected chi connectivity index (χ3v) is 5.80. The molecule has 0 fully saturated rings. The largest absolute Gasteiger partial charge is 0.465 e. The van der Waals surface area contributed by atoms with Crippen molar-refractivity contribution in [2.24, 2.45) is 0 Å². The van der Waals surface area contributed by atoms with E-state index in [1.54, 1.807) is 12.1 Å². The molecule has 122 valence electrons. The lowest BCUT2D eigenvalue weighted by atomic mass is 10.0. The van der Waals surface area contributed by atoms with Crippen LogP contribution in [0.15, 0.2) is 52.7 Å². The minimum absolute atomic E-state index is 0.198. The molecule has 0 spiro atoms. The van der Waals surface area contributed by atoms with E-state index in [4.69, 9.17) is 4.74 Å². The van der Waals surface area contributed by atoms with Crippen molar-refractivity contribution in [1.29, 1.82) is 0 Å². The zero-order valence-electron chi connectivity index (χ0n) is 13.2. The molecule has 24 heavy (non-hydrogen) atoms. The maximum absolute atomic E-state index is 12.7. The summed E-state index contributed by atoms with van der Waals surface area (Å²) in [5.74, 6) is -0.600. The highest BCUT2D eigenvalue weighted by Gasteiger charge is 2.18. The molecule has 0 aliphatic rings. The first kappa shape index (κ1) is 16.5. The number of amides is 1. The summed E-state index contributed by atoms with van der Waals surface area (Å²) in [5, 5.41) is 4.82. The molecule has 4 nitrogen and oxygen atoms in total. The molecule has 0 radical (unpaired) electrons. The van der Waals surface area contributed by atoms with E-state index in [2.05, 4.69) is 5.32 Å². The summed E-state index contributed by atoms with van der Waals surface area (Å²) >= 11 is 2.79. The summed E-state index contributed by atoms with van der Waals surface area (Å²) in [6.07, 6.45) is 1.90. The molecular formula is C18H15NO3S2. The van der Waals surface area contributed by atoms with Crippen molar-refractivity contribution in [3.05, 3.63) is 59.0 Å². The lowest BCUT2D eigenvalue weighted by Crippen LogP contribution is -2.12. The van der Waals surface area contributed by atoms with E-state index in [-0.39, 0.29) is 5.91 Å². The van der Waals surface area contributed by atoms with E-state index in [1.807, 2.05) is 42.7 Å². The predicted molar refractivity (Wildman–Crippen MR) is 99.3 cm³/mol. The molecule has 3 rings (SSSR count). The van der Waals surface area contributed by atoms with Gasteiger partial charge in [-0.15, -0.1) is 23.1 Å². The Morgan fingerprint density at radius 1 is 1.12 bits per heavy atom. The molecule has 0 aliphatic carbocycles. The summed E-state index contributed by atoms with van der Waals surface area (Å²) in [7, 11) is 1.34. The molecule has 3 aromatic rings. The van der Waals surface area contributed by atoms with Gasteiger partial charge in [0.25, 0.3) is 5.91 Å². The van der Waals surface area contributed by atoms with Gasteiger partial charge in [0.05, 0.1) is 17.0 Å². The van der Waals surface area contributed by atoms with Crippen molar-refractivity contribution in [3.8, 4) is 0 Å². The fourth-order valence-electron chi connectivity index (χ4n) is 2.43. The number of hydrogen-bond acceptors (Lipinski definition) is 5. The second-order valence-corrected chi connectivity index (χ2v) is 7.12. The van der Waals surface area contributed by atoms with E-state index >= 15 is 0 Å². The normalized spacial score (nSPS) is 10.6. The fourth-order valence-corrected chi connectivity index (χ4v) is 4.12. The van der Waals surface area contributed by atoms with Crippen LogP contribution in [0.3, 0.4) is 0 Å². The number of nitrogens with one attached hydrogen (secondary N) is 1. The number of hydrogen-bond donors (Lipinski definition) is 1. The van der Waals surface area contributed by atoms with Gasteiger partial charge in [0.15, 0.2) is 0 Å². The minimum Gasteiger partial charge on any atom is -0.465 e. The topological polar surface area (TPSA) is 55.4 Å². The Labute approximate surface area is 147 Å². The lowest BCUT2D eigenvalue weighted by molar-refractivity contribution is 0.0606. The standard InChI is InChI=1S/C18H15NO3S2/c1-22-17(21)15-10-14(18(23-2)24-15)19-16(20)13-9-5-7-11-6-3-4-8-12(11)13/h3-10H,1-2H3,(H,19,20). The first-order valence-electron chi connectivity index (χ1n) is 7.19. The Bertz CT molecular complexity index is 912. The number of methoxy groups -OCH3 is 1. The molecule has 0 saturated heterocycles. The number of rotatable bonds is 4. The SMILES string of the molecule is COC(=O)c1cc(NC(=O)c2cccc3ccccc23)c(SC)s1. The van der Waals surface area contributed by atoms with Crippen LogP contribution in [-0.2, 0) is 4.74 Å². The summed E-state index contributed by atoms with van der Waals surface area (Å²) < 4.78 is 5.61. The summed E-state index contributed by atoms with van der Waals surface area (Å²) in [6, 6.07) is 15.0. The molecule has 6 heteroatoms. The van der Waals surface area contributed by atoms with Gasteiger partial charge in [-0.05, 0) is 29.2 Å². The minimum atomic E-state index is -0.402. The summed E-state index contributed by atoms with van der Waals surface area (Å²) in [6.45, 7) is 0. The average molecular weight is 357 g/mol. The van der Waals surface area contributed by atoms with E-state index in [0.717, 1.165) is 15.0 Å². The third-order valence-electron chi connectivity index (χ3n) is 3.55. The molecule has 1 aromatic heterocycles. The average Bonchev–Trinajstić information content (AvgIpc) is 3.03. The Kier molecular flexibility index (Phi) is 4.87. The molecule has 0 saturated carbocycles. The molecule has 0 unspecified atom stereocenters. The van der Waals surface area contributed by atoms with Crippen molar-refractivity contribution in [1.82, 2.24) is 0 Å². The highest BCUT2D eigenvalue weighted by Crippen LogP contribution is 2.35. The number of esters is 1. The van der Waals surface area contributed by atoms with Crippen molar-refractivity contribution in [2.75, 3.05) is 18.7 Å². The number of fused-ring (bicyclic) bond motifs is 1. The smallest absolute Gasteiger partial charge is 0.348 e. The zero-order chi connectivity index (χ0) is 17.1. The summed E-state index contributed by atoms with van der Waals surface area (Å²) in [5.41, 5.74) is 1.23. The first-order chi connectivity index (χ1) is 11.6. The Hall–Kier alpha value is -2.31. The van der Waals surface area contributed by atoms with Gasteiger partial charge in [0, 0.05) is 5.56 Å². The molecule has 1 heterocycles. The van der Waals surface area contributed by atoms with Gasteiger partial charge in [-0.3, -0.25) is 4.79 Å². The van der Waals surface area contributed by atoms with Gasteiger partial charge in [-0.2, -0.15) is 0 Å². The quantitative estimate of drug-likeness (QED) is 0.545. The number of benzene rings is 2. The van der Waals surface area contributed by atoms with Crippen LogP contribution in [0.5, 0.6) is 0 Å². The molecule has 1 N–H and O–H groups in total. The van der Waals surface area contributed by atoms with Crippen molar-refractivity contribution >= 4 is 51.4 Å². The van der Waals surface area contributed by atoms with Crippen LogP contribution < -0.4 is 5.32 Å². The lowest BCUT2D eigenvalue weighted by Gasteiger charge is -2.08. The maximum Gasteiger partial charge on any atom is 0.348 e. The predicted octanol–water partition coefficient (Wildman–Crippen LogP) is 4.66. The van der Waals surface area contributed by atoms with Gasteiger partial charge >= 0.3 is 5.97 Å². The van der Waals surface area contributed by atoms with Crippen LogP contribution in [0.2, 0.25) is 0 Å².